The summed E-state index contributed by atoms with van der Waals surface area (Å²) in [4.78, 5) is 4.48. The highest BCUT2D eigenvalue weighted by Crippen LogP contribution is 2.34. The van der Waals surface area contributed by atoms with Crippen LogP contribution < -0.4 is 19.5 Å². The summed E-state index contributed by atoms with van der Waals surface area (Å²) in [6, 6.07) is 20.6. The number of anilines is 1. The van der Waals surface area contributed by atoms with Gasteiger partial charge in [0, 0.05) is 12.1 Å². The molecule has 1 aromatic heterocycles. The van der Waals surface area contributed by atoms with Gasteiger partial charge in [-0.25, -0.2) is 8.42 Å². The summed E-state index contributed by atoms with van der Waals surface area (Å²) in [6.45, 7) is 0.273. The van der Waals surface area contributed by atoms with Crippen LogP contribution in [0, 0.1) is 0 Å². The Labute approximate surface area is 198 Å². The second-order valence-electron chi connectivity index (χ2n) is 7.24. The highest BCUT2D eigenvalue weighted by atomic mass is 32.2. The van der Waals surface area contributed by atoms with E-state index in [1.165, 1.54) is 12.1 Å². The van der Waals surface area contributed by atoms with Gasteiger partial charge in [-0.15, -0.1) is 0 Å². The van der Waals surface area contributed by atoms with E-state index in [9.17, 15) is 8.42 Å². The third-order valence-electron chi connectivity index (χ3n) is 5.14. The number of rotatable bonds is 9. The fourth-order valence-electron chi connectivity index (χ4n) is 3.34. The second kappa shape index (κ2) is 9.88. The number of benzene rings is 3. The van der Waals surface area contributed by atoms with E-state index in [0.29, 0.717) is 22.8 Å². The van der Waals surface area contributed by atoms with E-state index >= 15 is 0 Å². The van der Waals surface area contributed by atoms with Crippen molar-refractivity contribution in [2.45, 2.75) is 16.5 Å². The first-order valence-electron chi connectivity index (χ1n) is 10.4. The summed E-state index contributed by atoms with van der Waals surface area (Å²) in [6.07, 6.45) is 0. The fourth-order valence-corrected chi connectivity index (χ4v) is 4.64. The number of sulfone groups is 1. The Bertz CT molecular complexity index is 1370. The molecular formula is C25H24N2O6S. The molecule has 0 atom stereocenters. The summed E-state index contributed by atoms with van der Waals surface area (Å²) in [7, 11) is 0.750. The van der Waals surface area contributed by atoms with Crippen molar-refractivity contribution in [3.8, 4) is 28.7 Å². The van der Waals surface area contributed by atoms with Crippen molar-refractivity contribution < 1.29 is 27.0 Å². The Morgan fingerprint density at radius 2 is 1.56 bits per heavy atom. The lowest BCUT2D eigenvalue weighted by atomic mass is 10.2. The molecule has 176 valence electrons. The standard InChI is InChI=1S/C25H24N2O6S/c1-30-19-12-10-18(11-13-19)23-27-25(34(28,29)20-7-5-4-6-8-20)24(33-23)26-16-17-9-14-21(31-2)22(15-17)32-3/h4-15,26H,16H2,1-3H3. The van der Waals surface area contributed by atoms with E-state index in [0.717, 1.165) is 5.56 Å². The lowest BCUT2D eigenvalue weighted by Crippen LogP contribution is -2.07. The van der Waals surface area contributed by atoms with Crippen molar-refractivity contribution in [1.82, 2.24) is 4.98 Å². The van der Waals surface area contributed by atoms with Crippen LogP contribution in [0.3, 0.4) is 0 Å². The van der Waals surface area contributed by atoms with Crippen molar-refractivity contribution in [2.24, 2.45) is 0 Å². The summed E-state index contributed by atoms with van der Waals surface area (Å²) in [5.74, 6) is 2.05. The molecule has 0 saturated heterocycles. The molecule has 3 aromatic carbocycles. The predicted octanol–water partition coefficient (Wildman–Crippen LogP) is 4.81. The average molecular weight is 481 g/mol. The number of hydrogen-bond acceptors (Lipinski definition) is 8. The van der Waals surface area contributed by atoms with E-state index in [1.54, 1.807) is 75.9 Å². The number of ether oxygens (including phenoxy) is 3. The Kier molecular flexibility index (Phi) is 6.74. The van der Waals surface area contributed by atoms with Gasteiger partial charge in [0.25, 0.3) is 0 Å². The van der Waals surface area contributed by atoms with Crippen LogP contribution >= 0.6 is 0 Å². The number of oxazole rings is 1. The first-order valence-corrected chi connectivity index (χ1v) is 11.8. The molecular weight excluding hydrogens is 456 g/mol. The van der Waals surface area contributed by atoms with Gasteiger partial charge in [0.2, 0.25) is 26.6 Å². The summed E-state index contributed by atoms with van der Waals surface area (Å²) in [5.41, 5.74) is 1.45. The van der Waals surface area contributed by atoms with Crippen LogP contribution in [0.5, 0.6) is 17.2 Å². The van der Waals surface area contributed by atoms with Gasteiger partial charge in [0.05, 0.1) is 26.2 Å². The molecule has 0 aliphatic heterocycles. The Morgan fingerprint density at radius 3 is 2.21 bits per heavy atom. The Hall–Kier alpha value is -3.98. The van der Waals surface area contributed by atoms with Crippen LogP contribution in [0.15, 0.2) is 87.1 Å². The Balaban J connectivity index is 1.72. The molecule has 8 nitrogen and oxygen atoms in total. The monoisotopic (exact) mass is 480 g/mol. The molecule has 0 saturated carbocycles. The third kappa shape index (κ3) is 4.69. The minimum Gasteiger partial charge on any atom is -0.497 e. The minimum absolute atomic E-state index is 0.0458. The summed E-state index contributed by atoms with van der Waals surface area (Å²) >= 11 is 0. The molecule has 1 heterocycles. The van der Waals surface area contributed by atoms with E-state index < -0.39 is 9.84 Å². The smallest absolute Gasteiger partial charge is 0.234 e. The van der Waals surface area contributed by atoms with E-state index in [1.807, 2.05) is 6.07 Å². The van der Waals surface area contributed by atoms with Crippen molar-refractivity contribution in [3.63, 3.8) is 0 Å². The maximum atomic E-state index is 13.4. The molecule has 34 heavy (non-hydrogen) atoms. The van der Waals surface area contributed by atoms with Gasteiger partial charge < -0.3 is 23.9 Å². The molecule has 4 rings (SSSR count). The van der Waals surface area contributed by atoms with Gasteiger partial charge in [0.15, 0.2) is 11.5 Å². The molecule has 1 N–H and O–H groups in total. The van der Waals surface area contributed by atoms with Crippen LogP contribution in [-0.4, -0.2) is 34.7 Å². The van der Waals surface area contributed by atoms with Gasteiger partial charge in [-0.2, -0.15) is 4.98 Å². The number of nitrogens with one attached hydrogen (secondary N) is 1. The van der Waals surface area contributed by atoms with Crippen LogP contribution in [0.1, 0.15) is 5.56 Å². The van der Waals surface area contributed by atoms with Crippen molar-refractivity contribution in [3.05, 3.63) is 78.4 Å². The predicted molar refractivity (Wildman–Crippen MR) is 127 cm³/mol. The maximum Gasteiger partial charge on any atom is 0.234 e. The minimum atomic E-state index is -3.93. The second-order valence-corrected chi connectivity index (χ2v) is 9.11. The zero-order valence-corrected chi connectivity index (χ0v) is 19.8. The van der Waals surface area contributed by atoms with Gasteiger partial charge in [-0.1, -0.05) is 24.3 Å². The Morgan fingerprint density at radius 1 is 0.853 bits per heavy atom. The normalized spacial score (nSPS) is 11.1. The zero-order chi connectivity index (χ0) is 24.1. The zero-order valence-electron chi connectivity index (χ0n) is 18.9. The highest BCUT2D eigenvalue weighted by molar-refractivity contribution is 7.91. The molecule has 0 aliphatic rings. The van der Waals surface area contributed by atoms with Crippen molar-refractivity contribution in [2.75, 3.05) is 26.6 Å². The molecule has 0 bridgehead atoms. The lowest BCUT2D eigenvalue weighted by molar-refractivity contribution is 0.354. The van der Waals surface area contributed by atoms with Gasteiger partial charge in [0.1, 0.15) is 5.75 Å². The van der Waals surface area contributed by atoms with Gasteiger partial charge >= 0.3 is 0 Å². The van der Waals surface area contributed by atoms with Gasteiger partial charge in [-0.05, 0) is 54.1 Å². The van der Waals surface area contributed by atoms with E-state index in [2.05, 4.69) is 10.3 Å². The molecule has 0 aliphatic carbocycles. The number of nitrogens with zero attached hydrogens (tertiary/aromatic N) is 1. The average Bonchev–Trinajstić information content (AvgIpc) is 3.33. The van der Waals surface area contributed by atoms with E-state index in [4.69, 9.17) is 18.6 Å². The molecule has 9 heteroatoms. The first-order chi connectivity index (χ1) is 16.5. The molecule has 4 aromatic rings. The van der Waals surface area contributed by atoms with Gasteiger partial charge in [-0.3, -0.25) is 0 Å². The highest BCUT2D eigenvalue weighted by Gasteiger charge is 2.28. The number of aromatic nitrogens is 1. The fraction of sp³-hybridized carbons (Fsp3) is 0.160. The number of hydrogen-bond donors (Lipinski definition) is 1. The van der Waals surface area contributed by atoms with Crippen molar-refractivity contribution in [1.29, 1.82) is 0 Å². The SMILES string of the molecule is COc1ccc(-c2nc(S(=O)(=O)c3ccccc3)c(NCc3ccc(OC)c(OC)c3)o2)cc1. The lowest BCUT2D eigenvalue weighted by Gasteiger charge is -2.10. The molecule has 0 fully saturated rings. The topological polar surface area (TPSA) is 99.9 Å². The van der Waals surface area contributed by atoms with Crippen LogP contribution in [0.25, 0.3) is 11.5 Å². The van der Waals surface area contributed by atoms with Crippen LogP contribution in [0.4, 0.5) is 5.88 Å². The maximum absolute atomic E-state index is 13.4. The summed E-state index contributed by atoms with van der Waals surface area (Å²) < 4.78 is 48.5. The van der Waals surface area contributed by atoms with Crippen LogP contribution in [0.2, 0.25) is 0 Å². The largest absolute Gasteiger partial charge is 0.497 e. The third-order valence-corrected chi connectivity index (χ3v) is 6.82. The summed E-state index contributed by atoms with van der Waals surface area (Å²) in [5, 5.41) is 2.89. The first kappa shape index (κ1) is 23.2. The quantitative estimate of drug-likeness (QED) is 0.364. The van der Waals surface area contributed by atoms with Crippen LogP contribution in [-0.2, 0) is 16.4 Å². The van der Waals surface area contributed by atoms with E-state index in [-0.39, 0.29) is 28.2 Å². The number of methoxy groups -OCH3 is 3. The molecule has 0 radical (unpaired) electrons. The molecule has 0 unspecified atom stereocenters. The van der Waals surface area contributed by atoms with Crippen molar-refractivity contribution >= 4 is 15.7 Å². The molecule has 0 spiro atoms. The molecule has 0 amide bonds.